The Bertz CT molecular complexity index is 1110. The number of halogens is 1. The Hall–Kier alpha value is -2.55. The van der Waals surface area contributed by atoms with Gasteiger partial charge in [0.25, 0.3) is 0 Å². The van der Waals surface area contributed by atoms with Gasteiger partial charge >= 0.3 is 5.69 Å². The van der Waals surface area contributed by atoms with Crippen LogP contribution in [0.25, 0.3) is 0 Å². The van der Waals surface area contributed by atoms with E-state index in [4.69, 9.17) is 4.74 Å². The van der Waals surface area contributed by atoms with Gasteiger partial charge in [0.2, 0.25) is 5.88 Å². The fourth-order valence-electron chi connectivity index (χ4n) is 5.82. The van der Waals surface area contributed by atoms with Crippen LogP contribution in [-0.2, 0) is 11.8 Å². The first-order valence-corrected chi connectivity index (χ1v) is 13.1. The van der Waals surface area contributed by atoms with E-state index in [-0.39, 0.29) is 36.0 Å². The summed E-state index contributed by atoms with van der Waals surface area (Å²) in [5.41, 5.74) is 1.47. The van der Waals surface area contributed by atoms with Crippen LogP contribution in [0.15, 0.2) is 43.6 Å². The molecule has 0 saturated carbocycles. The lowest BCUT2D eigenvalue weighted by Gasteiger charge is -2.34. The normalized spacial score (nSPS) is 28.5. The van der Waals surface area contributed by atoms with Crippen molar-refractivity contribution >= 4 is 12.0 Å². The molecule has 1 saturated heterocycles. The predicted molar refractivity (Wildman–Crippen MR) is 134 cm³/mol. The molecule has 4 aliphatic rings. The number of imidazole rings is 1. The monoisotopic (exact) mass is 484 g/mol. The Kier molecular flexibility index (Phi) is 7.05. The summed E-state index contributed by atoms with van der Waals surface area (Å²) in [5.74, 6) is 0.938. The van der Waals surface area contributed by atoms with Crippen LogP contribution in [0.2, 0.25) is 0 Å². The van der Waals surface area contributed by atoms with Crippen molar-refractivity contribution in [3.63, 3.8) is 0 Å². The number of alkyl halides is 1. The lowest BCUT2D eigenvalue weighted by molar-refractivity contribution is 0.167. The van der Waals surface area contributed by atoms with E-state index in [1.807, 2.05) is 32.2 Å². The van der Waals surface area contributed by atoms with Crippen molar-refractivity contribution in [3.8, 4) is 0 Å². The number of azo groups is 1. The van der Waals surface area contributed by atoms with Crippen LogP contribution in [-0.4, -0.2) is 58.7 Å². The summed E-state index contributed by atoms with van der Waals surface area (Å²) in [7, 11) is 1.72. The smallest absolute Gasteiger partial charge is 0.330 e. The highest BCUT2D eigenvalue weighted by Crippen LogP contribution is 2.45. The minimum absolute atomic E-state index is 0.0138. The van der Waals surface area contributed by atoms with E-state index >= 15 is 4.39 Å². The average Bonchev–Trinajstić information content (AvgIpc) is 3.13. The van der Waals surface area contributed by atoms with Crippen molar-refractivity contribution in [3.05, 3.63) is 39.8 Å². The minimum atomic E-state index is -1.10. The molecular weight excluding hydrogens is 447 g/mol. The highest BCUT2D eigenvalue weighted by atomic mass is 19.1. The molecule has 0 bridgehead atoms. The second-order valence-corrected chi connectivity index (χ2v) is 10.5. The standard InChI is InChI=1S/C26H37FN6O2/c1-17(2)33-24-20-14-19(21(27)15-22(20)29-30-25(24)31(3)26(33)34)18-8-9-23(28-16-18)35-13-7-12-32-10-5-4-6-11-32/h9,14,16-18,20-22H,4-8,10-13,15H2,1-3H3. The number of piperidine rings is 1. The van der Waals surface area contributed by atoms with Crippen LogP contribution in [0.1, 0.15) is 70.0 Å². The van der Waals surface area contributed by atoms with E-state index < -0.39 is 6.17 Å². The van der Waals surface area contributed by atoms with Gasteiger partial charge in [-0.2, -0.15) is 5.11 Å². The number of fused-ring (bicyclic) bond motifs is 3. The third kappa shape index (κ3) is 4.79. The van der Waals surface area contributed by atoms with E-state index in [2.05, 4.69) is 20.1 Å². The molecule has 4 atom stereocenters. The van der Waals surface area contributed by atoms with Crippen LogP contribution in [0, 0.1) is 5.92 Å². The van der Waals surface area contributed by atoms with Crippen LogP contribution in [0.5, 0.6) is 0 Å². The van der Waals surface area contributed by atoms with Gasteiger partial charge in [0.05, 0.1) is 18.3 Å². The van der Waals surface area contributed by atoms with Crippen LogP contribution in [0.4, 0.5) is 10.2 Å². The first-order valence-electron chi connectivity index (χ1n) is 13.1. The lowest BCUT2D eigenvalue weighted by atomic mass is 9.77. The number of hydrogen-bond donors (Lipinski definition) is 0. The molecule has 4 unspecified atom stereocenters. The number of ether oxygens (including phenoxy) is 1. The molecule has 1 aromatic heterocycles. The summed E-state index contributed by atoms with van der Waals surface area (Å²) in [6.07, 6.45) is 10.6. The molecule has 3 aliphatic heterocycles. The van der Waals surface area contributed by atoms with Crippen LogP contribution in [0.3, 0.4) is 0 Å². The van der Waals surface area contributed by atoms with E-state index in [0.29, 0.717) is 24.7 Å². The van der Waals surface area contributed by atoms with E-state index in [0.717, 1.165) is 24.2 Å². The third-order valence-corrected chi connectivity index (χ3v) is 7.70. The number of aromatic nitrogens is 2. The van der Waals surface area contributed by atoms with Gasteiger partial charge in [-0.25, -0.2) is 14.2 Å². The number of nitrogens with zero attached hydrogens (tertiary/aromatic N) is 6. The number of rotatable bonds is 7. The molecule has 0 amide bonds. The molecule has 1 aliphatic carbocycles. The number of likely N-dealkylation sites (tertiary alicyclic amines) is 1. The zero-order valence-electron chi connectivity index (χ0n) is 21.1. The largest absolute Gasteiger partial charge is 0.478 e. The molecule has 0 radical (unpaired) electrons. The number of hydrogen-bond acceptors (Lipinski definition) is 6. The van der Waals surface area contributed by atoms with Gasteiger partial charge in [0, 0.05) is 44.1 Å². The molecule has 190 valence electrons. The quantitative estimate of drug-likeness (QED) is 0.412. The molecular formula is C26H37FN6O2. The molecule has 4 heterocycles. The molecule has 1 aromatic rings. The van der Waals surface area contributed by atoms with Gasteiger partial charge in [0.15, 0.2) is 5.82 Å². The third-order valence-electron chi connectivity index (χ3n) is 7.70. The topological polar surface area (TPSA) is 76.5 Å². The summed E-state index contributed by atoms with van der Waals surface area (Å²) >= 11 is 0. The molecule has 8 nitrogen and oxygen atoms in total. The Labute approximate surface area is 206 Å². The molecule has 1 fully saturated rings. The Morgan fingerprint density at radius 2 is 2.03 bits per heavy atom. The van der Waals surface area contributed by atoms with E-state index in [1.165, 1.54) is 32.4 Å². The maximum Gasteiger partial charge on any atom is 0.330 e. The van der Waals surface area contributed by atoms with Crippen molar-refractivity contribution in [1.29, 1.82) is 0 Å². The molecule has 0 spiro atoms. The lowest BCUT2D eigenvalue weighted by Crippen LogP contribution is -2.33. The second kappa shape index (κ2) is 10.2. The van der Waals surface area contributed by atoms with Gasteiger partial charge in [-0.05, 0) is 64.3 Å². The molecule has 0 aromatic carbocycles. The summed E-state index contributed by atoms with van der Waals surface area (Å²) in [4.78, 5) is 19.9. The van der Waals surface area contributed by atoms with Gasteiger partial charge in [0.1, 0.15) is 6.17 Å². The maximum atomic E-state index is 15.3. The summed E-state index contributed by atoms with van der Waals surface area (Å²) in [5, 5.41) is 8.69. The molecule has 5 rings (SSSR count). The molecule has 35 heavy (non-hydrogen) atoms. The Balaban J connectivity index is 1.26. The number of allylic oxidation sites excluding steroid dienone is 2. The van der Waals surface area contributed by atoms with Gasteiger partial charge in [-0.3, -0.25) is 9.13 Å². The summed E-state index contributed by atoms with van der Waals surface area (Å²) in [6.45, 7) is 8.09. The van der Waals surface area contributed by atoms with Crippen LogP contribution < -0.4 is 5.69 Å². The Morgan fingerprint density at radius 3 is 2.74 bits per heavy atom. The number of aliphatic imine (C=N–C) groups is 1. The molecule has 0 N–H and O–H groups in total. The fraction of sp³-hybridized carbons (Fsp3) is 0.692. The van der Waals surface area contributed by atoms with Gasteiger partial charge < -0.3 is 9.64 Å². The first kappa shape index (κ1) is 24.2. The fourth-order valence-corrected chi connectivity index (χ4v) is 5.82. The Morgan fingerprint density at radius 1 is 1.23 bits per heavy atom. The van der Waals surface area contributed by atoms with Crippen molar-refractivity contribution in [2.45, 2.75) is 76.5 Å². The SMILES string of the molecule is CC(C)n1c2c(n(C)c1=O)N=NC1CC(F)C(C3C=NC(OCCCN4CCCCC4)=CC3)=CC21. The van der Waals surface area contributed by atoms with Gasteiger partial charge in [-0.1, -0.05) is 12.5 Å². The highest BCUT2D eigenvalue weighted by molar-refractivity contribution is 5.68. The van der Waals surface area contributed by atoms with E-state index in [9.17, 15) is 4.79 Å². The highest BCUT2D eigenvalue weighted by Gasteiger charge is 2.41. The average molecular weight is 485 g/mol. The maximum absolute atomic E-state index is 15.3. The van der Waals surface area contributed by atoms with Crippen molar-refractivity contribution in [2.75, 3.05) is 26.2 Å². The second-order valence-electron chi connectivity index (χ2n) is 10.5. The molecule has 9 heteroatoms. The summed E-state index contributed by atoms with van der Waals surface area (Å²) < 4.78 is 24.5. The first-order chi connectivity index (χ1) is 16.9. The van der Waals surface area contributed by atoms with Crippen molar-refractivity contribution in [1.82, 2.24) is 14.0 Å². The van der Waals surface area contributed by atoms with Crippen LogP contribution >= 0.6 is 0 Å². The predicted octanol–water partition coefficient (Wildman–Crippen LogP) is 4.81. The zero-order chi connectivity index (χ0) is 24.5. The van der Waals surface area contributed by atoms with E-state index in [1.54, 1.807) is 16.2 Å². The van der Waals surface area contributed by atoms with Gasteiger partial charge in [-0.15, -0.1) is 5.11 Å². The minimum Gasteiger partial charge on any atom is -0.478 e. The van der Waals surface area contributed by atoms with Crippen molar-refractivity contribution < 1.29 is 9.13 Å². The summed E-state index contributed by atoms with van der Waals surface area (Å²) in [6, 6.07) is -0.303. The zero-order valence-corrected chi connectivity index (χ0v) is 21.1. The van der Waals surface area contributed by atoms with Crippen molar-refractivity contribution in [2.24, 2.45) is 28.2 Å².